The highest BCUT2D eigenvalue weighted by Crippen LogP contribution is 2.25. The van der Waals surface area contributed by atoms with Crippen LogP contribution < -0.4 is 5.32 Å². The van der Waals surface area contributed by atoms with Crippen molar-refractivity contribution >= 4 is 17.4 Å². The quantitative estimate of drug-likeness (QED) is 0.728. The van der Waals surface area contributed by atoms with Crippen LogP contribution in [0.2, 0.25) is 0 Å². The molecule has 0 radical (unpaired) electrons. The van der Waals surface area contributed by atoms with E-state index in [1.165, 1.54) is 6.33 Å². The van der Waals surface area contributed by atoms with Gasteiger partial charge in [-0.3, -0.25) is 5.10 Å². The van der Waals surface area contributed by atoms with E-state index >= 15 is 0 Å². The van der Waals surface area contributed by atoms with Crippen LogP contribution in [0.3, 0.4) is 0 Å². The van der Waals surface area contributed by atoms with Crippen molar-refractivity contribution in [3.05, 3.63) is 54.7 Å². The van der Waals surface area contributed by atoms with Crippen LogP contribution >= 0.6 is 11.8 Å². The highest BCUT2D eigenvalue weighted by molar-refractivity contribution is 7.99. The molecule has 108 valence electrons. The standard InChI is InChI=1S/C15H16N4OS/c1-11(9-13-3-2-8-20-13)18-12-4-6-14(7-5-12)21-15-16-10-17-19-15/h2-8,10-11,18H,9H2,1H3,(H,16,17,19). The first-order valence-electron chi connectivity index (χ1n) is 6.72. The van der Waals surface area contributed by atoms with Gasteiger partial charge in [0.2, 0.25) is 0 Å². The molecule has 1 unspecified atom stereocenters. The summed E-state index contributed by atoms with van der Waals surface area (Å²) < 4.78 is 5.36. The molecule has 3 rings (SSSR count). The molecular formula is C15H16N4OS. The van der Waals surface area contributed by atoms with Crippen LogP contribution in [0.15, 0.2) is 63.5 Å². The molecule has 2 heterocycles. The number of anilines is 1. The van der Waals surface area contributed by atoms with Crippen molar-refractivity contribution in [2.24, 2.45) is 0 Å². The Balaban J connectivity index is 1.56. The van der Waals surface area contributed by atoms with Gasteiger partial charge < -0.3 is 9.73 Å². The molecular weight excluding hydrogens is 284 g/mol. The average molecular weight is 300 g/mol. The Labute approximate surface area is 127 Å². The van der Waals surface area contributed by atoms with Crippen LogP contribution in [0.5, 0.6) is 0 Å². The number of aromatic amines is 1. The number of hydrogen-bond donors (Lipinski definition) is 2. The van der Waals surface area contributed by atoms with Crippen LogP contribution in [0.25, 0.3) is 0 Å². The summed E-state index contributed by atoms with van der Waals surface area (Å²) in [6.07, 6.45) is 4.08. The minimum Gasteiger partial charge on any atom is -0.469 e. The Hall–Kier alpha value is -2.21. The molecule has 0 aliphatic carbocycles. The maximum atomic E-state index is 5.36. The number of hydrogen-bond acceptors (Lipinski definition) is 5. The van der Waals surface area contributed by atoms with Crippen molar-refractivity contribution in [3.63, 3.8) is 0 Å². The van der Waals surface area contributed by atoms with E-state index in [4.69, 9.17) is 4.42 Å². The summed E-state index contributed by atoms with van der Waals surface area (Å²) in [4.78, 5) is 5.22. The van der Waals surface area contributed by atoms with Crippen LogP contribution in [-0.4, -0.2) is 21.2 Å². The summed E-state index contributed by atoms with van der Waals surface area (Å²) in [5, 5.41) is 10.9. The SMILES string of the molecule is CC(Cc1ccco1)Nc1ccc(Sc2ncn[nH]2)cc1. The zero-order chi connectivity index (χ0) is 14.5. The topological polar surface area (TPSA) is 66.7 Å². The minimum absolute atomic E-state index is 0.309. The van der Waals surface area contributed by atoms with Crippen LogP contribution in [0.4, 0.5) is 5.69 Å². The lowest BCUT2D eigenvalue weighted by Gasteiger charge is -2.14. The predicted molar refractivity (Wildman–Crippen MR) is 82.4 cm³/mol. The van der Waals surface area contributed by atoms with E-state index in [0.717, 1.165) is 27.9 Å². The summed E-state index contributed by atoms with van der Waals surface area (Å²) in [5.41, 5.74) is 1.09. The summed E-state index contributed by atoms with van der Waals surface area (Å²) in [7, 11) is 0. The van der Waals surface area contributed by atoms with Crippen molar-refractivity contribution in [1.82, 2.24) is 15.2 Å². The number of benzene rings is 1. The largest absolute Gasteiger partial charge is 0.469 e. The van der Waals surface area contributed by atoms with E-state index in [-0.39, 0.29) is 0 Å². The first-order chi connectivity index (χ1) is 10.3. The van der Waals surface area contributed by atoms with Gasteiger partial charge in [0.15, 0.2) is 5.16 Å². The number of rotatable bonds is 6. The highest BCUT2D eigenvalue weighted by atomic mass is 32.2. The van der Waals surface area contributed by atoms with E-state index in [2.05, 4.69) is 51.7 Å². The monoisotopic (exact) mass is 300 g/mol. The Kier molecular flexibility index (Phi) is 4.25. The molecule has 0 fully saturated rings. The minimum atomic E-state index is 0.309. The second-order valence-electron chi connectivity index (χ2n) is 4.75. The molecule has 1 atom stereocenters. The number of nitrogens with one attached hydrogen (secondary N) is 2. The fourth-order valence-corrected chi connectivity index (χ4v) is 2.73. The van der Waals surface area contributed by atoms with Gasteiger partial charge in [0.1, 0.15) is 12.1 Å². The zero-order valence-corrected chi connectivity index (χ0v) is 12.4. The van der Waals surface area contributed by atoms with Gasteiger partial charge in [0.05, 0.1) is 6.26 Å². The van der Waals surface area contributed by atoms with Crippen LogP contribution in [0.1, 0.15) is 12.7 Å². The van der Waals surface area contributed by atoms with Gasteiger partial charge in [-0.1, -0.05) is 11.8 Å². The van der Waals surface area contributed by atoms with Gasteiger partial charge in [0, 0.05) is 23.0 Å². The van der Waals surface area contributed by atoms with E-state index in [1.54, 1.807) is 18.0 Å². The number of H-pyrrole nitrogens is 1. The lowest BCUT2D eigenvalue weighted by molar-refractivity contribution is 0.498. The Bertz CT molecular complexity index is 650. The molecule has 0 saturated heterocycles. The van der Waals surface area contributed by atoms with Crippen molar-refractivity contribution in [2.75, 3.05) is 5.32 Å². The van der Waals surface area contributed by atoms with Gasteiger partial charge in [-0.15, -0.1) is 0 Å². The van der Waals surface area contributed by atoms with Gasteiger partial charge in [-0.2, -0.15) is 5.10 Å². The Morgan fingerprint density at radius 1 is 1.29 bits per heavy atom. The highest BCUT2D eigenvalue weighted by Gasteiger charge is 2.06. The molecule has 0 aliphatic heterocycles. The van der Waals surface area contributed by atoms with E-state index < -0.39 is 0 Å². The molecule has 0 saturated carbocycles. The predicted octanol–water partition coefficient (Wildman–Crippen LogP) is 3.59. The number of aromatic nitrogens is 3. The lowest BCUT2D eigenvalue weighted by Crippen LogP contribution is -2.17. The summed E-state index contributed by atoms with van der Waals surface area (Å²) in [5.74, 6) is 0.993. The second kappa shape index (κ2) is 6.49. The Morgan fingerprint density at radius 2 is 2.14 bits per heavy atom. The fourth-order valence-electron chi connectivity index (χ4n) is 2.04. The maximum absolute atomic E-state index is 5.36. The van der Waals surface area contributed by atoms with Gasteiger partial charge >= 0.3 is 0 Å². The van der Waals surface area contributed by atoms with E-state index in [0.29, 0.717) is 6.04 Å². The molecule has 0 spiro atoms. The third-order valence-electron chi connectivity index (χ3n) is 2.96. The second-order valence-corrected chi connectivity index (χ2v) is 5.81. The lowest BCUT2D eigenvalue weighted by atomic mass is 10.2. The first-order valence-corrected chi connectivity index (χ1v) is 7.53. The molecule has 21 heavy (non-hydrogen) atoms. The Morgan fingerprint density at radius 3 is 2.81 bits per heavy atom. The molecule has 5 nitrogen and oxygen atoms in total. The van der Waals surface area contributed by atoms with E-state index in [1.807, 2.05) is 12.1 Å². The zero-order valence-electron chi connectivity index (χ0n) is 11.6. The molecule has 2 aromatic heterocycles. The first kappa shape index (κ1) is 13.8. The van der Waals surface area contributed by atoms with Crippen molar-refractivity contribution in [3.8, 4) is 0 Å². The fraction of sp³-hybridized carbons (Fsp3) is 0.200. The van der Waals surface area contributed by atoms with Crippen molar-refractivity contribution in [1.29, 1.82) is 0 Å². The van der Waals surface area contributed by atoms with Crippen LogP contribution in [-0.2, 0) is 6.42 Å². The third kappa shape index (κ3) is 3.88. The molecule has 0 amide bonds. The molecule has 2 N–H and O–H groups in total. The molecule has 3 aromatic rings. The summed E-state index contributed by atoms with van der Waals surface area (Å²) >= 11 is 1.55. The van der Waals surface area contributed by atoms with Gasteiger partial charge in [0.25, 0.3) is 0 Å². The summed E-state index contributed by atoms with van der Waals surface area (Å²) in [6, 6.07) is 12.5. The maximum Gasteiger partial charge on any atom is 0.188 e. The van der Waals surface area contributed by atoms with Gasteiger partial charge in [-0.05, 0) is 43.3 Å². The van der Waals surface area contributed by atoms with Crippen molar-refractivity contribution < 1.29 is 4.42 Å². The van der Waals surface area contributed by atoms with Crippen molar-refractivity contribution in [2.45, 2.75) is 29.4 Å². The molecule has 6 heteroatoms. The summed E-state index contributed by atoms with van der Waals surface area (Å²) in [6.45, 7) is 2.14. The molecule has 1 aromatic carbocycles. The third-order valence-corrected chi connectivity index (χ3v) is 3.86. The van der Waals surface area contributed by atoms with Crippen LogP contribution in [0, 0.1) is 0 Å². The number of furan rings is 1. The van der Waals surface area contributed by atoms with Gasteiger partial charge in [-0.25, -0.2) is 4.98 Å². The molecule has 0 bridgehead atoms. The smallest absolute Gasteiger partial charge is 0.188 e. The molecule has 0 aliphatic rings. The average Bonchev–Trinajstić information content (AvgIpc) is 3.14. The normalized spacial score (nSPS) is 12.2. The van der Waals surface area contributed by atoms with E-state index in [9.17, 15) is 0 Å². The number of nitrogens with zero attached hydrogens (tertiary/aromatic N) is 2.